The highest BCUT2D eigenvalue weighted by Gasteiger charge is 2.29. The van der Waals surface area contributed by atoms with E-state index in [1.807, 2.05) is 6.07 Å². The molecule has 2 aromatic rings. The minimum Gasteiger partial charge on any atom is -0.364 e. The Morgan fingerprint density at radius 2 is 2.08 bits per heavy atom. The summed E-state index contributed by atoms with van der Waals surface area (Å²) < 4.78 is 2.44. The number of aryl methyl sites for hydroxylation is 2. The van der Waals surface area contributed by atoms with Crippen LogP contribution in [0, 0.1) is 6.92 Å². The third-order valence-corrected chi connectivity index (χ3v) is 5.10. The molecular formula is C17H22N6O. The minimum atomic E-state index is -0.547. The number of anilines is 1. The normalized spacial score (nSPS) is 20.2. The lowest BCUT2D eigenvalue weighted by atomic mass is 10.0. The topological polar surface area (TPSA) is 89.9 Å². The van der Waals surface area contributed by atoms with Gasteiger partial charge in [0, 0.05) is 18.8 Å². The summed E-state index contributed by atoms with van der Waals surface area (Å²) in [5, 5.41) is 8.07. The molecule has 0 aromatic carbocycles. The molecule has 1 aliphatic carbocycles. The smallest absolute Gasteiger partial charge is 0.269 e. The largest absolute Gasteiger partial charge is 0.364 e. The first-order valence-corrected chi connectivity index (χ1v) is 8.58. The Balaban J connectivity index is 1.54. The van der Waals surface area contributed by atoms with Crippen molar-refractivity contribution in [3.63, 3.8) is 0 Å². The molecular weight excluding hydrogens is 304 g/mol. The summed E-state index contributed by atoms with van der Waals surface area (Å²) in [5.74, 6) is 1.38. The zero-order chi connectivity index (χ0) is 16.7. The summed E-state index contributed by atoms with van der Waals surface area (Å²) in [7, 11) is 0. The fourth-order valence-electron chi connectivity index (χ4n) is 3.97. The Labute approximate surface area is 140 Å². The van der Waals surface area contributed by atoms with E-state index in [0.717, 1.165) is 44.0 Å². The van der Waals surface area contributed by atoms with E-state index in [1.54, 1.807) is 6.07 Å². The predicted molar refractivity (Wildman–Crippen MR) is 90.0 cm³/mol. The maximum atomic E-state index is 11.1. The molecule has 3 heterocycles. The fraction of sp³-hybridized carbons (Fsp3) is 0.529. The van der Waals surface area contributed by atoms with Crippen molar-refractivity contribution in [3.05, 3.63) is 35.0 Å². The number of rotatable bonds is 3. The van der Waals surface area contributed by atoms with Crippen LogP contribution in [0.25, 0.3) is 0 Å². The number of carbonyl (C=O) groups is 1. The van der Waals surface area contributed by atoms with Gasteiger partial charge in [0.15, 0.2) is 11.5 Å². The third-order valence-electron chi connectivity index (χ3n) is 5.10. The lowest BCUT2D eigenvalue weighted by Crippen LogP contribution is -2.24. The van der Waals surface area contributed by atoms with Gasteiger partial charge >= 0.3 is 0 Å². The zero-order valence-electron chi connectivity index (χ0n) is 13.9. The van der Waals surface area contributed by atoms with Crippen LogP contribution in [0.5, 0.6) is 0 Å². The summed E-state index contributed by atoms with van der Waals surface area (Å²) in [6, 6.07) is 3.89. The van der Waals surface area contributed by atoms with Crippen LogP contribution < -0.4 is 10.6 Å². The number of amides is 1. The molecule has 7 nitrogen and oxygen atoms in total. The Hall–Kier alpha value is -2.44. The van der Waals surface area contributed by atoms with Crippen molar-refractivity contribution in [1.82, 2.24) is 19.7 Å². The number of nitrogens with two attached hydrogens (primary N) is 1. The zero-order valence-corrected chi connectivity index (χ0v) is 13.9. The average Bonchev–Trinajstić information content (AvgIpc) is 3.18. The summed E-state index contributed by atoms with van der Waals surface area (Å²) >= 11 is 0. The Kier molecular flexibility index (Phi) is 3.70. The number of hydrogen-bond acceptors (Lipinski definition) is 5. The predicted octanol–water partition coefficient (Wildman–Crippen LogP) is 1.41. The maximum absolute atomic E-state index is 11.1. The second-order valence-electron chi connectivity index (χ2n) is 6.66. The van der Waals surface area contributed by atoms with Gasteiger partial charge in [-0.1, -0.05) is 0 Å². The number of aromatic nitrogens is 4. The SMILES string of the molecule is Cc1nc2c(n1C1CCN(c3ccc(C(N)=O)nn3)C1)CCCC2. The molecule has 24 heavy (non-hydrogen) atoms. The first-order valence-electron chi connectivity index (χ1n) is 8.58. The van der Waals surface area contributed by atoms with Crippen LogP contribution in [0.4, 0.5) is 5.82 Å². The third kappa shape index (κ3) is 2.53. The van der Waals surface area contributed by atoms with E-state index in [2.05, 4.69) is 26.6 Å². The second kappa shape index (κ2) is 5.89. The van der Waals surface area contributed by atoms with Crippen molar-refractivity contribution in [3.8, 4) is 0 Å². The van der Waals surface area contributed by atoms with Crippen LogP contribution in [0.1, 0.15) is 53.0 Å². The second-order valence-corrected chi connectivity index (χ2v) is 6.66. The standard InChI is InChI=1S/C17H22N6O/c1-11-19-13-4-2-3-5-15(13)23(11)12-8-9-22(10-12)16-7-6-14(17(18)24)20-21-16/h6-7,12H,2-5,8-10H2,1H3,(H2,18,24). The van der Waals surface area contributed by atoms with Gasteiger partial charge in [0.2, 0.25) is 0 Å². The molecule has 4 rings (SSSR count). The molecule has 0 radical (unpaired) electrons. The Morgan fingerprint density at radius 1 is 1.25 bits per heavy atom. The van der Waals surface area contributed by atoms with E-state index in [-0.39, 0.29) is 5.69 Å². The van der Waals surface area contributed by atoms with Crippen molar-refractivity contribution in [1.29, 1.82) is 0 Å². The number of imidazole rings is 1. The average molecular weight is 326 g/mol. The molecule has 1 amide bonds. The van der Waals surface area contributed by atoms with Crippen molar-refractivity contribution < 1.29 is 4.79 Å². The van der Waals surface area contributed by atoms with Crippen LogP contribution in [-0.2, 0) is 12.8 Å². The molecule has 1 unspecified atom stereocenters. The van der Waals surface area contributed by atoms with Gasteiger partial charge in [0.05, 0.1) is 11.7 Å². The Morgan fingerprint density at radius 3 is 2.83 bits per heavy atom. The van der Waals surface area contributed by atoms with Gasteiger partial charge in [-0.2, -0.15) is 0 Å². The fourth-order valence-corrected chi connectivity index (χ4v) is 3.97. The molecule has 1 fully saturated rings. The van der Waals surface area contributed by atoms with E-state index in [1.165, 1.54) is 24.2 Å². The molecule has 1 aliphatic heterocycles. The lowest BCUT2D eigenvalue weighted by molar-refractivity contribution is 0.0994. The summed E-state index contributed by atoms with van der Waals surface area (Å²) in [5.41, 5.74) is 8.15. The van der Waals surface area contributed by atoms with Gasteiger partial charge in [-0.3, -0.25) is 4.79 Å². The van der Waals surface area contributed by atoms with Crippen LogP contribution in [0.15, 0.2) is 12.1 Å². The molecule has 7 heteroatoms. The molecule has 2 N–H and O–H groups in total. The number of nitrogens with zero attached hydrogens (tertiary/aromatic N) is 5. The van der Waals surface area contributed by atoms with Gasteiger partial charge in [-0.15, -0.1) is 10.2 Å². The molecule has 2 aromatic heterocycles. The van der Waals surface area contributed by atoms with Crippen LogP contribution >= 0.6 is 0 Å². The summed E-state index contributed by atoms with van der Waals surface area (Å²) in [4.78, 5) is 18.1. The van der Waals surface area contributed by atoms with Crippen molar-refractivity contribution in [2.75, 3.05) is 18.0 Å². The van der Waals surface area contributed by atoms with Gasteiger partial charge in [-0.05, 0) is 51.2 Å². The maximum Gasteiger partial charge on any atom is 0.269 e. The summed E-state index contributed by atoms with van der Waals surface area (Å²) in [6.07, 6.45) is 5.83. The van der Waals surface area contributed by atoms with Crippen molar-refractivity contribution in [2.24, 2.45) is 5.73 Å². The highest BCUT2D eigenvalue weighted by Crippen LogP contribution is 2.31. The first kappa shape index (κ1) is 15.1. The molecule has 0 spiro atoms. The Bertz CT molecular complexity index is 766. The van der Waals surface area contributed by atoms with Gasteiger partial charge < -0.3 is 15.2 Å². The highest BCUT2D eigenvalue weighted by atomic mass is 16.1. The summed E-state index contributed by atoms with van der Waals surface area (Å²) in [6.45, 7) is 3.94. The van der Waals surface area contributed by atoms with E-state index < -0.39 is 5.91 Å². The van der Waals surface area contributed by atoms with Gasteiger partial charge in [0.25, 0.3) is 5.91 Å². The number of carbonyl (C=O) groups excluding carboxylic acids is 1. The molecule has 0 saturated carbocycles. The monoisotopic (exact) mass is 326 g/mol. The number of hydrogen-bond donors (Lipinski definition) is 1. The molecule has 0 bridgehead atoms. The van der Waals surface area contributed by atoms with E-state index in [9.17, 15) is 4.79 Å². The van der Waals surface area contributed by atoms with Crippen LogP contribution in [-0.4, -0.2) is 38.7 Å². The van der Waals surface area contributed by atoms with Crippen molar-refractivity contribution >= 4 is 11.7 Å². The van der Waals surface area contributed by atoms with E-state index >= 15 is 0 Å². The van der Waals surface area contributed by atoms with Crippen LogP contribution in [0.2, 0.25) is 0 Å². The molecule has 1 saturated heterocycles. The van der Waals surface area contributed by atoms with Crippen molar-refractivity contribution in [2.45, 2.75) is 45.1 Å². The van der Waals surface area contributed by atoms with Gasteiger partial charge in [-0.25, -0.2) is 4.98 Å². The lowest BCUT2D eigenvalue weighted by Gasteiger charge is -2.21. The van der Waals surface area contributed by atoms with E-state index in [0.29, 0.717) is 6.04 Å². The van der Waals surface area contributed by atoms with Crippen LogP contribution in [0.3, 0.4) is 0 Å². The molecule has 1 atom stereocenters. The van der Waals surface area contributed by atoms with Gasteiger partial charge in [0.1, 0.15) is 5.82 Å². The number of fused-ring (bicyclic) bond motifs is 1. The quantitative estimate of drug-likeness (QED) is 0.921. The first-order chi connectivity index (χ1) is 11.6. The highest BCUT2D eigenvalue weighted by molar-refractivity contribution is 5.90. The minimum absolute atomic E-state index is 0.203. The number of primary amides is 1. The molecule has 2 aliphatic rings. The molecule has 126 valence electrons. The van der Waals surface area contributed by atoms with E-state index in [4.69, 9.17) is 10.7 Å².